The van der Waals surface area contributed by atoms with Crippen molar-refractivity contribution in [2.24, 2.45) is 5.41 Å². The van der Waals surface area contributed by atoms with Crippen LogP contribution >= 0.6 is 23.4 Å². The van der Waals surface area contributed by atoms with Gasteiger partial charge in [-0.25, -0.2) is 4.98 Å². The molecule has 0 saturated carbocycles. The smallest absolute Gasteiger partial charge is 0.257 e. The third-order valence-electron chi connectivity index (χ3n) is 6.74. The van der Waals surface area contributed by atoms with Gasteiger partial charge in [-0.05, 0) is 47.7 Å². The number of allylic oxidation sites excluding steroid dienone is 2. The van der Waals surface area contributed by atoms with E-state index in [1.54, 1.807) is 26.4 Å². The van der Waals surface area contributed by atoms with E-state index < -0.39 is 5.92 Å². The number of thioether (sulfide) groups is 1. The molecule has 2 aromatic carbocycles. The molecule has 0 radical (unpaired) electrons. The number of nitrogens with one attached hydrogen (secondary N) is 2. The maximum Gasteiger partial charge on any atom is 0.257 e. The summed E-state index contributed by atoms with van der Waals surface area (Å²) in [5.41, 5.74) is 3.04. The van der Waals surface area contributed by atoms with Gasteiger partial charge >= 0.3 is 0 Å². The van der Waals surface area contributed by atoms with Crippen molar-refractivity contribution in [3.05, 3.63) is 85.8 Å². The second-order valence-corrected chi connectivity index (χ2v) is 11.4. The SMILES string of the molecule is COc1ccc(OC)c([C@@H]2C3=C(CC(C)(C)CC3=O)Nc3nc(SCc4ccc(Cl)cc4)[nH]c(=O)c32)c1. The van der Waals surface area contributed by atoms with Crippen LogP contribution in [0.3, 0.4) is 0 Å². The second kappa shape index (κ2) is 9.91. The van der Waals surface area contributed by atoms with E-state index in [2.05, 4.69) is 24.1 Å². The molecule has 37 heavy (non-hydrogen) atoms. The van der Waals surface area contributed by atoms with Gasteiger partial charge in [0.15, 0.2) is 10.9 Å². The van der Waals surface area contributed by atoms with Gasteiger partial charge in [-0.3, -0.25) is 9.59 Å². The minimum absolute atomic E-state index is 0.0138. The predicted molar refractivity (Wildman–Crippen MR) is 146 cm³/mol. The average molecular weight is 538 g/mol. The summed E-state index contributed by atoms with van der Waals surface area (Å²) in [5, 5.41) is 4.53. The van der Waals surface area contributed by atoms with Crippen LogP contribution in [0, 0.1) is 5.41 Å². The normalized spacial score (nSPS) is 18.1. The Bertz CT molecular complexity index is 1460. The topological polar surface area (TPSA) is 93.3 Å². The Balaban J connectivity index is 1.63. The number of halogens is 1. The van der Waals surface area contributed by atoms with Gasteiger partial charge in [0, 0.05) is 34.0 Å². The van der Waals surface area contributed by atoms with Crippen LogP contribution in [0.5, 0.6) is 11.5 Å². The van der Waals surface area contributed by atoms with Crippen LogP contribution in [-0.2, 0) is 10.5 Å². The number of hydrogen-bond donors (Lipinski definition) is 2. The van der Waals surface area contributed by atoms with Crippen molar-refractivity contribution in [3.63, 3.8) is 0 Å². The lowest BCUT2D eigenvalue weighted by atomic mass is 9.69. The molecule has 2 aliphatic rings. The number of H-pyrrole nitrogens is 1. The summed E-state index contributed by atoms with van der Waals surface area (Å²) in [7, 11) is 3.16. The molecule has 0 saturated heterocycles. The molecule has 2 heterocycles. The number of anilines is 1. The highest BCUT2D eigenvalue weighted by Crippen LogP contribution is 2.49. The number of carbonyl (C=O) groups excluding carboxylic acids is 1. The molecule has 1 atom stereocenters. The van der Waals surface area contributed by atoms with Gasteiger partial charge in [-0.2, -0.15) is 0 Å². The number of nitrogens with zero attached hydrogens (tertiary/aromatic N) is 1. The summed E-state index contributed by atoms with van der Waals surface area (Å²) < 4.78 is 11.1. The number of carbonyl (C=O) groups is 1. The molecule has 0 bridgehead atoms. The van der Waals surface area contributed by atoms with Gasteiger partial charge in [-0.15, -0.1) is 0 Å². The van der Waals surface area contributed by atoms with E-state index in [9.17, 15) is 9.59 Å². The van der Waals surface area contributed by atoms with Gasteiger partial charge in [-0.1, -0.05) is 49.3 Å². The maximum atomic E-state index is 13.6. The number of ether oxygens (including phenoxy) is 2. The monoisotopic (exact) mass is 537 g/mol. The lowest BCUT2D eigenvalue weighted by molar-refractivity contribution is -0.118. The van der Waals surface area contributed by atoms with E-state index in [1.807, 2.05) is 30.3 Å². The molecule has 9 heteroatoms. The molecule has 1 aromatic heterocycles. The fourth-order valence-corrected chi connectivity index (χ4v) is 6.01. The van der Waals surface area contributed by atoms with Crippen LogP contribution < -0.4 is 20.3 Å². The zero-order valence-corrected chi connectivity index (χ0v) is 22.7. The average Bonchev–Trinajstić information content (AvgIpc) is 2.86. The number of aromatic amines is 1. The van der Waals surface area contributed by atoms with Gasteiger partial charge in [0.1, 0.15) is 17.3 Å². The quantitative estimate of drug-likeness (QED) is 0.297. The largest absolute Gasteiger partial charge is 0.497 e. The minimum atomic E-state index is -0.633. The Morgan fingerprint density at radius 3 is 2.54 bits per heavy atom. The van der Waals surface area contributed by atoms with Crippen molar-refractivity contribution in [1.82, 2.24) is 9.97 Å². The molecule has 192 valence electrons. The zero-order valence-electron chi connectivity index (χ0n) is 21.1. The zero-order chi connectivity index (χ0) is 26.3. The second-order valence-electron chi connectivity index (χ2n) is 10.0. The first-order valence-corrected chi connectivity index (χ1v) is 13.3. The van der Waals surface area contributed by atoms with Crippen LogP contribution in [0.2, 0.25) is 5.02 Å². The third-order valence-corrected chi connectivity index (χ3v) is 7.93. The van der Waals surface area contributed by atoms with Gasteiger partial charge in [0.25, 0.3) is 5.56 Å². The standard InChI is InChI=1S/C28H28ClN3O4S/c1-28(2)12-19-23(20(33)13-28)22(18-11-17(35-3)9-10-21(18)36-4)24-25(30-19)31-27(32-26(24)34)37-14-15-5-7-16(29)8-6-15/h5-11,22H,12-14H2,1-4H3,(H2,30,31,32,34)/t22-/m1/s1. The Hall–Kier alpha value is -3.23. The van der Waals surface area contributed by atoms with Crippen LogP contribution in [0.25, 0.3) is 0 Å². The maximum absolute atomic E-state index is 13.6. The molecule has 1 aliphatic carbocycles. The number of fused-ring (bicyclic) bond motifs is 1. The van der Waals surface area contributed by atoms with E-state index >= 15 is 0 Å². The lowest BCUT2D eigenvalue weighted by Gasteiger charge is -2.38. The highest BCUT2D eigenvalue weighted by atomic mass is 35.5. The van der Waals surface area contributed by atoms with E-state index in [-0.39, 0.29) is 16.8 Å². The first-order chi connectivity index (χ1) is 17.7. The van der Waals surface area contributed by atoms with Crippen LogP contribution in [0.4, 0.5) is 5.82 Å². The Morgan fingerprint density at radius 2 is 1.84 bits per heavy atom. The summed E-state index contributed by atoms with van der Waals surface area (Å²) in [4.78, 5) is 34.9. The molecule has 7 nitrogen and oxygen atoms in total. The summed E-state index contributed by atoms with van der Waals surface area (Å²) in [6, 6.07) is 13.0. The molecular formula is C28H28ClN3O4S. The van der Waals surface area contributed by atoms with Crippen molar-refractivity contribution in [3.8, 4) is 11.5 Å². The van der Waals surface area contributed by atoms with Crippen molar-refractivity contribution >= 4 is 35.0 Å². The fourth-order valence-electron chi connectivity index (χ4n) is 5.07. The van der Waals surface area contributed by atoms with Crippen LogP contribution in [-0.4, -0.2) is 30.0 Å². The molecule has 3 aromatic rings. The van der Waals surface area contributed by atoms with Crippen molar-refractivity contribution < 1.29 is 14.3 Å². The number of benzene rings is 2. The molecule has 0 amide bonds. The molecule has 5 rings (SSSR count). The number of aromatic nitrogens is 2. The van der Waals surface area contributed by atoms with E-state index in [0.717, 1.165) is 11.3 Å². The fraction of sp³-hybridized carbons (Fsp3) is 0.321. The van der Waals surface area contributed by atoms with Crippen LogP contribution in [0.15, 0.2) is 63.7 Å². The minimum Gasteiger partial charge on any atom is -0.497 e. The first-order valence-electron chi connectivity index (χ1n) is 12.0. The molecule has 2 N–H and O–H groups in total. The van der Waals surface area contributed by atoms with E-state index in [0.29, 0.717) is 62.8 Å². The molecule has 0 unspecified atom stereocenters. The van der Waals surface area contributed by atoms with Gasteiger partial charge in [0.05, 0.1) is 25.7 Å². The highest BCUT2D eigenvalue weighted by Gasteiger charge is 2.43. The number of methoxy groups -OCH3 is 2. The number of Topliss-reactive ketones (excluding diaryl/α,β-unsaturated/α-hetero) is 1. The predicted octanol–water partition coefficient (Wildman–Crippen LogP) is 5.93. The summed E-state index contributed by atoms with van der Waals surface area (Å²) >= 11 is 7.43. The number of hydrogen-bond acceptors (Lipinski definition) is 7. The molecule has 0 fully saturated rings. The van der Waals surface area contributed by atoms with Gasteiger partial charge < -0.3 is 19.8 Å². The number of rotatable bonds is 6. The van der Waals surface area contributed by atoms with Crippen molar-refractivity contribution in [2.75, 3.05) is 19.5 Å². The number of ketones is 1. The summed E-state index contributed by atoms with van der Waals surface area (Å²) in [5.74, 6) is 1.64. The van der Waals surface area contributed by atoms with Crippen molar-refractivity contribution in [2.45, 2.75) is 43.5 Å². The molecular weight excluding hydrogens is 510 g/mol. The van der Waals surface area contributed by atoms with Gasteiger partial charge in [0.2, 0.25) is 0 Å². The third kappa shape index (κ3) is 5.00. The summed E-state index contributed by atoms with van der Waals surface area (Å²) in [6.45, 7) is 4.15. The lowest BCUT2D eigenvalue weighted by Crippen LogP contribution is -2.37. The summed E-state index contributed by atoms with van der Waals surface area (Å²) in [6.07, 6.45) is 1.06. The van der Waals surface area contributed by atoms with E-state index in [4.69, 9.17) is 26.1 Å². The Morgan fingerprint density at radius 1 is 1.08 bits per heavy atom. The highest BCUT2D eigenvalue weighted by molar-refractivity contribution is 7.98. The molecule has 0 spiro atoms. The Kier molecular flexibility index (Phi) is 6.81. The molecule has 1 aliphatic heterocycles. The van der Waals surface area contributed by atoms with Crippen molar-refractivity contribution in [1.29, 1.82) is 0 Å². The van der Waals surface area contributed by atoms with E-state index in [1.165, 1.54) is 11.8 Å². The Labute approximate surface area is 224 Å². The first kappa shape index (κ1) is 25.4. The van der Waals surface area contributed by atoms with Crippen LogP contribution in [0.1, 0.15) is 49.3 Å².